The summed E-state index contributed by atoms with van der Waals surface area (Å²) in [5.41, 5.74) is 0.346. The molecule has 4 heteroatoms. The van der Waals surface area contributed by atoms with Crippen molar-refractivity contribution >= 4 is 11.8 Å². The highest BCUT2D eigenvalue weighted by Gasteiger charge is 2.03. The molecule has 0 saturated heterocycles. The van der Waals surface area contributed by atoms with Gasteiger partial charge < -0.3 is 4.74 Å². The van der Waals surface area contributed by atoms with E-state index in [4.69, 9.17) is 10.00 Å². The molecule has 1 aromatic rings. The maximum absolute atomic E-state index is 13.3. The maximum Gasteiger partial charge on any atom is 0.138 e. The van der Waals surface area contributed by atoms with Crippen molar-refractivity contribution in [3.05, 3.63) is 29.6 Å². The lowest BCUT2D eigenvalue weighted by Crippen LogP contribution is -1.92. The topological polar surface area (TPSA) is 33.0 Å². The number of hydrogen-bond acceptors (Lipinski definition) is 3. The van der Waals surface area contributed by atoms with Gasteiger partial charge in [0.05, 0.1) is 18.2 Å². The predicted molar refractivity (Wildman–Crippen MR) is 53.7 cm³/mol. The van der Waals surface area contributed by atoms with Crippen molar-refractivity contribution in [3.63, 3.8) is 0 Å². The Balaban J connectivity index is 2.65. The second-order valence-corrected chi connectivity index (χ2v) is 3.74. The molecule has 0 unspecified atom stereocenters. The average molecular weight is 211 g/mol. The molecule has 0 aliphatic carbocycles. The van der Waals surface area contributed by atoms with Gasteiger partial charge in [-0.25, -0.2) is 4.39 Å². The van der Waals surface area contributed by atoms with Crippen LogP contribution in [0.5, 0.6) is 0 Å². The van der Waals surface area contributed by atoms with Crippen molar-refractivity contribution in [1.29, 1.82) is 5.26 Å². The van der Waals surface area contributed by atoms with Gasteiger partial charge >= 0.3 is 0 Å². The fourth-order valence-corrected chi connectivity index (χ4v) is 1.75. The van der Waals surface area contributed by atoms with Crippen LogP contribution < -0.4 is 0 Å². The maximum atomic E-state index is 13.3. The minimum Gasteiger partial charge on any atom is -0.384 e. The van der Waals surface area contributed by atoms with Gasteiger partial charge in [-0.1, -0.05) is 0 Å². The average Bonchev–Trinajstić information content (AvgIpc) is 2.20. The van der Waals surface area contributed by atoms with Crippen molar-refractivity contribution in [3.8, 4) is 6.07 Å². The first-order valence-corrected chi connectivity index (χ1v) is 5.08. The van der Waals surface area contributed by atoms with Crippen LogP contribution in [0.15, 0.2) is 23.1 Å². The summed E-state index contributed by atoms with van der Waals surface area (Å²) in [4.78, 5) is 0.557. The molecule has 14 heavy (non-hydrogen) atoms. The van der Waals surface area contributed by atoms with E-state index in [0.29, 0.717) is 22.8 Å². The molecule has 1 aromatic carbocycles. The molecule has 0 aliphatic heterocycles. The van der Waals surface area contributed by atoms with E-state index in [9.17, 15) is 4.39 Å². The third-order valence-corrected chi connectivity index (χ3v) is 2.62. The van der Waals surface area contributed by atoms with Crippen molar-refractivity contribution < 1.29 is 9.13 Å². The van der Waals surface area contributed by atoms with E-state index >= 15 is 0 Å². The quantitative estimate of drug-likeness (QED) is 0.566. The standard InChI is InChI=1S/C10H10FNOS/c1-13-4-5-14-10-3-2-8(7-12)6-9(10)11/h2-3,6H,4-5H2,1H3. The predicted octanol–water partition coefficient (Wildman–Crippen LogP) is 2.44. The number of ether oxygens (including phenoxy) is 1. The van der Waals surface area contributed by atoms with Gasteiger partial charge in [-0.2, -0.15) is 5.26 Å². The molecule has 74 valence electrons. The monoisotopic (exact) mass is 211 g/mol. The molecule has 0 atom stereocenters. The highest BCUT2D eigenvalue weighted by atomic mass is 32.2. The number of rotatable bonds is 4. The lowest BCUT2D eigenvalue weighted by atomic mass is 10.2. The third kappa shape index (κ3) is 3.02. The number of hydrogen-bond donors (Lipinski definition) is 0. The lowest BCUT2D eigenvalue weighted by molar-refractivity contribution is 0.218. The second kappa shape index (κ2) is 5.63. The Morgan fingerprint density at radius 3 is 2.93 bits per heavy atom. The molecule has 0 radical (unpaired) electrons. The summed E-state index contributed by atoms with van der Waals surface area (Å²) < 4.78 is 18.1. The molecule has 0 N–H and O–H groups in total. The van der Waals surface area contributed by atoms with Gasteiger partial charge in [-0.05, 0) is 18.2 Å². The Bertz CT molecular complexity index is 348. The Morgan fingerprint density at radius 2 is 2.36 bits per heavy atom. The summed E-state index contributed by atoms with van der Waals surface area (Å²) in [6.45, 7) is 0.587. The van der Waals surface area contributed by atoms with Gasteiger partial charge in [0.25, 0.3) is 0 Å². The summed E-state index contributed by atoms with van der Waals surface area (Å²) in [7, 11) is 1.61. The van der Waals surface area contributed by atoms with Gasteiger partial charge in [0.15, 0.2) is 0 Å². The van der Waals surface area contributed by atoms with E-state index in [1.165, 1.54) is 17.8 Å². The molecule has 0 aliphatic rings. The van der Waals surface area contributed by atoms with Gasteiger partial charge in [-0.15, -0.1) is 11.8 Å². The smallest absolute Gasteiger partial charge is 0.138 e. The lowest BCUT2D eigenvalue weighted by Gasteiger charge is -2.02. The fraction of sp³-hybridized carbons (Fsp3) is 0.300. The van der Waals surface area contributed by atoms with Crippen LogP contribution in [0.1, 0.15) is 5.56 Å². The summed E-state index contributed by atoms with van der Waals surface area (Å²) in [5, 5.41) is 8.52. The van der Waals surface area contributed by atoms with Crippen LogP contribution in [-0.2, 0) is 4.74 Å². The molecular formula is C10H10FNOS. The minimum atomic E-state index is -0.342. The van der Waals surface area contributed by atoms with Gasteiger partial charge in [0.2, 0.25) is 0 Å². The third-order valence-electron chi connectivity index (χ3n) is 1.61. The van der Waals surface area contributed by atoms with Crippen molar-refractivity contribution in [1.82, 2.24) is 0 Å². The van der Waals surface area contributed by atoms with Crippen LogP contribution in [0.2, 0.25) is 0 Å². The number of thioether (sulfide) groups is 1. The van der Waals surface area contributed by atoms with E-state index in [1.54, 1.807) is 19.2 Å². The highest BCUT2D eigenvalue weighted by Crippen LogP contribution is 2.22. The van der Waals surface area contributed by atoms with Crippen LogP contribution in [0.4, 0.5) is 4.39 Å². The van der Waals surface area contributed by atoms with Crippen LogP contribution in [0.25, 0.3) is 0 Å². The van der Waals surface area contributed by atoms with Crippen molar-refractivity contribution in [2.45, 2.75) is 4.90 Å². The van der Waals surface area contributed by atoms with E-state index in [1.807, 2.05) is 6.07 Å². The molecular weight excluding hydrogens is 201 g/mol. The molecule has 0 amide bonds. The number of nitrogens with zero attached hydrogens (tertiary/aromatic N) is 1. The number of methoxy groups -OCH3 is 1. The first-order valence-electron chi connectivity index (χ1n) is 4.09. The van der Waals surface area contributed by atoms with E-state index < -0.39 is 0 Å². The Labute approximate surface area is 86.7 Å². The van der Waals surface area contributed by atoms with Crippen LogP contribution >= 0.6 is 11.8 Å². The van der Waals surface area contributed by atoms with Crippen molar-refractivity contribution in [2.75, 3.05) is 19.5 Å². The molecule has 0 bridgehead atoms. The normalized spacial score (nSPS) is 9.79. The highest BCUT2D eigenvalue weighted by molar-refractivity contribution is 7.99. The van der Waals surface area contributed by atoms with Crippen LogP contribution in [0.3, 0.4) is 0 Å². The zero-order valence-electron chi connectivity index (χ0n) is 7.79. The zero-order valence-corrected chi connectivity index (χ0v) is 8.60. The first kappa shape index (κ1) is 11.0. The molecule has 0 saturated carbocycles. The molecule has 2 nitrogen and oxygen atoms in total. The van der Waals surface area contributed by atoms with Gasteiger partial charge in [0.1, 0.15) is 5.82 Å². The Hall–Kier alpha value is -1.05. The Morgan fingerprint density at radius 1 is 1.57 bits per heavy atom. The van der Waals surface area contributed by atoms with E-state index in [-0.39, 0.29) is 5.82 Å². The van der Waals surface area contributed by atoms with E-state index in [0.717, 1.165) is 0 Å². The number of nitriles is 1. The van der Waals surface area contributed by atoms with Crippen LogP contribution in [-0.4, -0.2) is 19.5 Å². The second-order valence-electron chi connectivity index (χ2n) is 2.60. The summed E-state index contributed by atoms with van der Waals surface area (Å²) >= 11 is 1.38. The molecule has 0 heterocycles. The fourth-order valence-electron chi connectivity index (χ4n) is 0.922. The summed E-state index contributed by atoms with van der Waals surface area (Å²) in [5.74, 6) is 0.365. The molecule has 0 spiro atoms. The summed E-state index contributed by atoms with van der Waals surface area (Å²) in [6.07, 6.45) is 0. The zero-order chi connectivity index (χ0) is 10.4. The van der Waals surface area contributed by atoms with Crippen molar-refractivity contribution in [2.24, 2.45) is 0 Å². The molecule has 0 fully saturated rings. The minimum absolute atomic E-state index is 0.342. The SMILES string of the molecule is COCCSc1ccc(C#N)cc1F. The van der Waals surface area contributed by atoms with Crippen LogP contribution in [0, 0.1) is 17.1 Å². The first-order chi connectivity index (χ1) is 6.77. The van der Waals surface area contributed by atoms with Gasteiger partial charge in [-0.3, -0.25) is 0 Å². The Kier molecular flexibility index (Phi) is 4.44. The molecule has 0 aromatic heterocycles. The van der Waals surface area contributed by atoms with Gasteiger partial charge in [0, 0.05) is 17.8 Å². The largest absolute Gasteiger partial charge is 0.384 e. The number of halogens is 1. The summed E-state index contributed by atoms with van der Waals surface area (Å²) in [6, 6.07) is 6.36. The van der Waals surface area contributed by atoms with E-state index in [2.05, 4.69) is 0 Å². The number of benzene rings is 1. The molecule has 1 rings (SSSR count).